The van der Waals surface area contributed by atoms with Crippen molar-refractivity contribution >= 4 is 29.1 Å². The normalized spacial score (nSPS) is 13.4. The van der Waals surface area contributed by atoms with Crippen molar-refractivity contribution in [1.29, 1.82) is 0 Å². The number of rotatable bonds is 6. The molecule has 1 amide bonds. The third-order valence-electron chi connectivity index (χ3n) is 5.51. The molecule has 1 heterocycles. The van der Waals surface area contributed by atoms with Crippen LogP contribution in [0.25, 0.3) is 0 Å². The highest BCUT2D eigenvalue weighted by molar-refractivity contribution is 6.31. The number of fused-ring (bicyclic) bond motifs is 1. The maximum Gasteiger partial charge on any atom is 0.290 e. The minimum Gasteiger partial charge on any atom is -0.437 e. The number of amides is 1. The molecule has 0 saturated heterocycles. The zero-order chi connectivity index (χ0) is 23.6. The predicted molar refractivity (Wildman–Crippen MR) is 123 cm³/mol. The number of carbonyl (C=O) groups is 1. The van der Waals surface area contributed by atoms with Gasteiger partial charge in [0.25, 0.3) is 17.7 Å². The molecule has 1 aliphatic rings. The van der Waals surface area contributed by atoms with Gasteiger partial charge in [-0.15, -0.1) is 5.10 Å². The second-order valence-electron chi connectivity index (χ2n) is 7.92. The first-order valence-electron chi connectivity index (χ1n) is 10.5. The van der Waals surface area contributed by atoms with E-state index in [1.165, 1.54) is 18.2 Å². The number of aryl methyl sites for hydroxylation is 2. The number of halogens is 4. The smallest absolute Gasteiger partial charge is 0.290 e. The summed E-state index contributed by atoms with van der Waals surface area (Å²) in [5, 5.41) is 11.5. The maximum absolute atomic E-state index is 14.9. The first-order valence-corrected chi connectivity index (χ1v) is 11.2. The lowest BCUT2D eigenvalue weighted by molar-refractivity contribution is -0.00310. The Kier molecular flexibility index (Phi) is 6.81. The second kappa shape index (κ2) is 9.61. The predicted octanol–water partition coefficient (Wildman–Crippen LogP) is 6.28. The van der Waals surface area contributed by atoms with Crippen LogP contribution >= 0.6 is 23.2 Å². The van der Waals surface area contributed by atoms with E-state index in [1.54, 1.807) is 31.2 Å². The Morgan fingerprint density at radius 1 is 1.09 bits per heavy atom. The van der Waals surface area contributed by atoms with Crippen LogP contribution in [-0.2, 0) is 18.8 Å². The molecule has 1 aliphatic carbocycles. The van der Waals surface area contributed by atoms with Gasteiger partial charge in [-0.3, -0.25) is 4.79 Å². The van der Waals surface area contributed by atoms with Gasteiger partial charge in [0.1, 0.15) is 11.3 Å². The summed E-state index contributed by atoms with van der Waals surface area (Å²) in [5.74, 6) is -3.66. The van der Waals surface area contributed by atoms with Crippen molar-refractivity contribution in [1.82, 2.24) is 15.5 Å². The van der Waals surface area contributed by atoms with Crippen LogP contribution in [0.2, 0.25) is 10.0 Å². The summed E-state index contributed by atoms with van der Waals surface area (Å²) in [5.41, 5.74) is 1.64. The van der Waals surface area contributed by atoms with Gasteiger partial charge in [-0.05, 0) is 74.1 Å². The number of hydrogen-bond acceptors (Lipinski definition) is 4. The van der Waals surface area contributed by atoms with Gasteiger partial charge in [0, 0.05) is 15.6 Å². The summed E-state index contributed by atoms with van der Waals surface area (Å²) in [4.78, 5) is 13.2. The Morgan fingerprint density at radius 3 is 2.61 bits per heavy atom. The summed E-state index contributed by atoms with van der Waals surface area (Å²) >= 11 is 11.9. The SMILES string of the molecule is Cc1cc(Cl)ccc1C(F)(F)CNC(=O)c1c(Oc2cccc(Cl)c2)nnc2c1CCCC2. The molecule has 4 rings (SSSR count). The van der Waals surface area contributed by atoms with Gasteiger partial charge in [-0.25, -0.2) is 0 Å². The molecule has 0 spiro atoms. The fourth-order valence-corrected chi connectivity index (χ4v) is 4.32. The summed E-state index contributed by atoms with van der Waals surface area (Å²) in [6.45, 7) is 0.666. The highest BCUT2D eigenvalue weighted by Crippen LogP contribution is 2.33. The monoisotopic (exact) mass is 491 g/mol. The van der Waals surface area contributed by atoms with Crippen LogP contribution in [0.4, 0.5) is 8.78 Å². The Balaban J connectivity index is 1.63. The third-order valence-corrected chi connectivity index (χ3v) is 5.98. The number of ether oxygens (including phenoxy) is 1. The van der Waals surface area contributed by atoms with E-state index in [2.05, 4.69) is 15.5 Å². The van der Waals surface area contributed by atoms with Gasteiger partial charge in [0.2, 0.25) is 0 Å². The van der Waals surface area contributed by atoms with Crippen molar-refractivity contribution in [3.05, 3.63) is 80.5 Å². The van der Waals surface area contributed by atoms with Crippen LogP contribution in [0.5, 0.6) is 11.6 Å². The van der Waals surface area contributed by atoms with E-state index < -0.39 is 18.4 Å². The Morgan fingerprint density at radius 2 is 1.85 bits per heavy atom. The molecule has 0 bridgehead atoms. The Bertz CT molecular complexity index is 1200. The van der Waals surface area contributed by atoms with Gasteiger partial charge in [0.15, 0.2) is 0 Å². The van der Waals surface area contributed by atoms with Crippen molar-refractivity contribution in [2.75, 3.05) is 6.54 Å². The van der Waals surface area contributed by atoms with Crippen molar-refractivity contribution < 1.29 is 18.3 Å². The molecular formula is C24H21Cl2F2N3O2. The highest BCUT2D eigenvalue weighted by Gasteiger charge is 2.35. The summed E-state index contributed by atoms with van der Waals surface area (Å²) in [7, 11) is 0. The van der Waals surface area contributed by atoms with Crippen LogP contribution in [0.3, 0.4) is 0 Å². The molecule has 0 radical (unpaired) electrons. The lowest BCUT2D eigenvalue weighted by Crippen LogP contribution is -2.36. The van der Waals surface area contributed by atoms with E-state index >= 15 is 0 Å². The average molecular weight is 492 g/mol. The number of alkyl halides is 2. The zero-order valence-electron chi connectivity index (χ0n) is 17.8. The Hall–Kier alpha value is -2.77. The molecule has 0 atom stereocenters. The van der Waals surface area contributed by atoms with Crippen molar-refractivity contribution in [3.8, 4) is 11.6 Å². The van der Waals surface area contributed by atoms with Crippen LogP contribution in [0.1, 0.15) is 45.6 Å². The van der Waals surface area contributed by atoms with Crippen LogP contribution < -0.4 is 10.1 Å². The van der Waals surface area contributed by atoms with Gasteiger partial charge < -0.3 is 10.1 Å². The van der Waals surface area contributed by atoms with E-state index in [4.69, 9.17) is 27.9 Å². The third kappa shape index (κ3) is 5.25. The number of benzene rings is 2. The van der Waals surface area contributed by atoms with Crippen LogP contribution in [0.15, 0.2) is 42.5 Å². The topological polar surface area (TPSA) is 64.1 Å². The molecule has 9 heteroatoms. The minimum atomic E-state index is -3.29. The molecule has 1 N–H and O–H groups in total. The van der Waals surface area contributed by atoms with E-state index in [-0.39, 0.29) is 17.0 Å². The molecule has 33 heavy (non-hydrogen) atoms. The number of nitrogens with zero attached hydrogens (tertiary/aromatic N) is 2. The van der Waals surface area contributed by atoms with E-state index in [0.717, 1.165) is 12.8 Å². The van der Waals surface area contributed by atoms with Gasteiger partial charge in [0.05, 0.1) is 12.2 Å². The summed E-state index contributed by atoms with van der Waals surface area (Å²) < 4.78 is 35.7. The Labute approximate surface area is 200 Å². The molecule has 0 saturated carbocycles. The van der Waals surface area contributed by atoms with E-state index in [0.29, 0.717) is 45.5 Å². The molecule has 1 aromatic heterocycles. The largest absolute Gasteiger partial charge is 0.437 e. The van der Waals surface area contributed by atoms with Gasteiger partial charge in [-0.1, -0.05) is 35.3 Å². The molecule has 172 valence electrons. The minimum absolute atomic E-state index is 0.0404. The molecule has 0 fully saturated rings. The number of nitrogens with one attached hydrogen (secondary N) is 1. The molecule has 5 nitrogen and oxygen atoms in total. The maximum atomic E-state index is 14.9. The van der Waals surface area contributed by atoms with Crippen LogP contribution in [0, 0.1) is 6.92 Å². The van der Waals surface area contributed by atoms with Crippen molar-refractivity contribution in [3.63, 3.8) is 0 Å². The van der Waals surface area contributed by atoms with Crippen molar-refractivity contribution in [2.45, 2.75) is 38.5 Å². The molecule has 3 aromatic rings. The molecular weight excluding hydrogens is 471 g/mol. The van der Waals surface area contributed by atoms with Gasteiger partial charge in [-0.2, -0.15) is 13.9 Å². The first kappa shape index (κ1) is 23.4. The first-order chi connectivity index (χ1) is 15.7. The fraction of sp³-hybridized carbons (Fsp3) is 0.292. The summed E-state index contributed by atoms with van der Waals surface area (Å²) in [6.07, 6.45) is 3.03. The molecule has 0 unspecified atom stereocenters. The molecule has 0 aliphatic heterocycles. The highest BCUT2D eigenvalue weighted by atomic mass is 35.5. The van der Waals surface area contributed by atoms with E-state index in [1.807, 2.05) is 0 Å². The summed E-state index contributed by atoms with van der Waals surface area (Å²) in [6, 6.07) is 10.7. The lowest BCUT2D eigenvalue weighted by Gasteiger charge is -2.22. The number of aromatic nitrogens is 2. The standard InChI is InChI=1S/C24H21Cl2F2N3O2/c1-14-11-16(26)9-10-19(14)24(27,28)13-29-22(32)21-18-7-2-3-8-20(18)30-31-23(21)33-17-6-4-5-15(25)12-17/h4-6,9-12H,2-3,7-8,13H2,1H3,(H,29,32). The number of hydrogen-bond donors (Lipinski definition) is 1. The zero-order valence-corrected chi connectivity index (χ0v) is 19.3. The van der Waals surface area contributed by atoms with Crippen LogP contribution in [-0.4, -0.2) is 22.6 Å². The van der Waals surface area contributed by atoms with Crippen molar-refractivity contribution in [2.24, 2.45) is 0 Å². The van der Waals surface area contributed by atoms with Gasteiger partial charge >= 0.3 is 0 Å². The second-order valence-corrected chi connectivity index (χ2v) is 8.79. The number of carbonyl (C=O) groups excluding carboxylic acids is 1. The quantitative estimate of drug-likeness (QED) is 0.440. The fourth-order valence-electron chi connectivity index (χ4n) is 3.91. The molecule has 2 aromatic carbocycles. The van der Waals surface area contributed by atoms with E-state index in [9.17, 15) is 13.6 Å². The lowest BCUT2D eigenvalue weighted by atomic mass is 9.92. The average Bonchev–Trinajstić information content (AvgIpc) is 2.77.